The van der Waals surface area contributed by atoms with Gasteiger partial charge >= 0.3 is 0 Å². The molecule has 0 saturated carbocycles. The summed E-state index contributed by atoms with van der Waals surface area (Å²) in [6.45, 7) is 4.19. The largest absolute Gasteiger partial charge is 0.383 e. The molecule has 3 nitrogen and oxygen atoms in total. The van der Waals surface area contributed by atoms with Crippen molar-refractivity contribution in [3.63, 3.8) is 0 Å². The molecule has 1 heterocycles. The second-order valence-electron chi connectivity index (χ2n) is 4.24. The standard InChI is InChI=1S/C14H16IN3/c1-3-11-13(15)14(16)18-12(17-11)8-10-7-5-4-6-9(10)2/h4-7H,3,8H2,1-2H3,(H2,16,17,18). The van der Waals surface area contributed by atoms with Gasteiger partial charge < -0.3 is 5.73 Å². The van der Waals surface area contributed by atoms with E-state index in [4.69, 9.17) is 5.73 Å². The molecule has 94 valence electrons. The fourth-order valence-corrected chi connectivity index (χ4v) is 2.48. The van der Waals surface area contributed by atoms with Crippen LogP contribution < -0.4 is 5.73 Å². The van der Waals surface area contributed by atoms with Gasteiger partial charge in [-0.3, -0.25) is 0 Å². The van der Waals surface area contributed by atoms with E-state index in [0.29, 0.717) is 5.82 Å². The summed E-state index contributed by atoms with van der Waals surface area (Å²) in [5, 5.41) is 0. The molecule has 0 fully saturated rings. The first-order valence-electron chi connectivity index (χ1n) is 5.97. The predicted molar refractivity (Wildman–Crippen MR) is 82.5 cm³/mol. The number of nitrogen functional groups attached to an aromatic ring is 1. The SMILES string of the molecule is CCc1nc(Cc2ccccc2C)nc(N)c1I. The van der Waals surface area contributed by atoms with Crippen LogP contribution >= 0.6 is 22.6 Å². The summed E-state index contributed by atoms with van der Waals surface area (Å²) in [6.07, 6.45) is 1.62. The molecule has 2 aromatic rings. The van der Waals surface area contributed by atoms with Crippen LogP contribution in [0.3, 0.4) is 0 Å². The van der Waals surface area contributed by atoms with Crippen LogP contribution in [-0.4, -0.2) is 9.97 Å². The molecule has 0 radical (unpaired) electrons. The van der Waals surface area contributed by atoms with Gasteiger partial charge in [0.1, 0.15) is 11.6 Å². The molecule has 0 aliphatic carbocycles. The summed E-state index contributed by atoms with van der Waals surface area (Å²) in [5.74, 6) is 1.39. The van der Waals surface area contributed by atoms with Gasteiger partial charge in [-0.1, -0.05) is 31.2 Å². The summed E-state index contributed by atoms with van der Waals surface area (Å²) < 4.78 is 0.976. The minimum absolute atomic E-state index is 0.589. The van der Waals surface area contributed by atoms with Crippen LogP contribution in [0.4, 0.5) is 5.82 Å². The monoisotopic (exact) mass is 353 g/mol. The number of aryl methyl sites for hydroxylation is 2. The highest BCUT2D eigenvalue weighted by atomic mass is 127. The minimum Gasteiger partial charge on any atom is -0.383 e. The summed E-state index contributed by atoms with van der Waals surface area (Å²) in [5.41, 5.74) is 9.47. The zero-order chi connectivity index (χ0) is 13.1. The van der Waals surface area contributed by atoms with Crippen molar-refractivity contribution in [2.24, 2.45) is 0 Å². The normalized spacial score (nSPS) is 10.6. The number of nitrogens with two attached hydrogens (primary N) is 1. The molecule has 0 unspecified atom stereocenters. The molecule has 0 bridgehead atoms. The fraction of sp³-hybridized carbons (Fsp3) is 0.286. The summed E-state index contributed by atoms with van der Waals surface area (Å²) in [4.78, 5) is 8.97. The molecule has 1 aromatic heterocycles. The Balaban J connectivity index is 2.36. The van der Waals surface area contributed by atoms with Gasteiger partial charge in [0.2, 0.25) is 0 Å². The zero-order valence-corrected chi connectivity index (χ0v) is 12.7. The third-order valence-corrected chi connectivity index (χ3v) is 4.11. The maximum absolute atomic E-state index is 5.93. The number of aromatic nitrogens is 2. The van der Waals surface area contributed by atoms with E-state index >= 15 is 0 Å². The summed E-state index contributed by atoms with van der Waals surface area (Å²) >= 11 is 2.21. The number of nitrogens with zero attached hydrogens (tertiary/aromatic N) is 2. The topological polar surface area (TPSA) is 51.8 Å². The number of anilines is 1. The molecular weight excluding hydrogens is 337 g/mol. The van der Waals surface area contributed by atoms with E-state index in [9.17, 15) is 0 Å². The van der Waals surface area contributed by atoms with E-state index in [1.165, 1.54) is 11.1 Å². The third-order valence-electron chi connectivity index (χ3n) is 2.94. The molecule has 1 aromatic carbocycles. The second kappa shape index (κ2) is 5.65. The molecule has 0 amide bonds. The van der Waals surface area contributed by atoms with E-state index < -0.39 is 0 Å². The van der Waals surface area contributed by atoms with Crippen LogP contribution in [-0.2, 0) is 12.8 Å². The van der Waals surface area contributed by atoms with Crippen LogP contribution in [0.25, 0.3) is 0 Å². The van der Waals surface area contributed by atoms with E-state index in [0.717, 1.165) is 27.9 Å². The highest BCUT2D eigenvalue weighted by molar-refractivity contribution is 14.1. The van der Waals surface area contributed by atoms with Gasteiger partial charge in [0.15, 0.2) is 0 Å². The Hall–Kier alpha value is -1.17. The number of hydrogen-bond acceptors (Lipinski definition) is 3. The van der Waals surface area contributed by atoms with Crippen molar-refractivity contribution in [2.75, 3.05) is 5.73 Å². The van der Waals surface area contributed by atoms with Gasteiger partial charge in [0.05, 0.1) is 9.26 Å². The molecule has 0 aliphatic heterocycles. The van der Waals surface area contributed by atoms with Gasteiger partial charge in [-0.2, -0.15) is 0 Å². The number of hydrogen-bond donors (Lipinski definition) is 1. The fourth-order valence-electron chi connectivity index (χ4n) is 1.86. The minimum atomic E-state index is 0.589. The van der Waals surface area contributed by atoms with Crippen LogP contribution in [0.2, 0.25) is 0 Å². The molecule has 2 rings (SSSR count). The van der Waals surface area contributed by atoms with Crippen LogP contribution in [0, 0.1) is 10.5 Å². The highest BCUT2D eigenvalue weighted by Gasteiger charge is 2.09. The maximum atomic E-state index is 5.93. The summed E-state index contributed by atoms with van der Waals surface area (Å²) in [7, 11) is 0. The Kier molecular flexibility index (Phi) is 4.16. The molecule has 0 atom stereocenters. The molecule has 2 N–H and O–H groups in total. The number of benzene rings is 1. The molecule has 18 heavy (non-hydrogen) atoms. The van der Waals surface area contributed by atoms with Crippen LogP contribution in [0.5, 0.6) is 0 Å². The van der Waals surface area contributed by atoms with Gasteiger partial charge in [-0.05, 0) is 47.1 Å². The van der Waals surface area contributed by atoms with E-state index in [-0.39, 0.29) is 0 Å². The average Bonchev–Trinajstić information content (AvgIpc) is 2.36. The Labute approximate surface area is 121 Å². The Bertz CT molecular complexity index is 567. The second-order valence-corrected chi connectivity index (χ2v) is 5.32. The third kappa shape index (κ3) is 2.80. The van der Waals surface area contributed by atoms with Gasteiger partial charge in [-0.25, -0.2) is 9.97 Å². The lowest BCUT2D eigenvalue weighted by atomic mass is 10.1. The molecule has 0 aliphatic rings. The smallest absolute Gasteiger partial charge is 0.140 e. The van der Waals surface area contributed by atoms with Crippen molar-refractivity contribution in [3.05, 3.63) is 50.5 Å². The first kappa shape index (κ1) is 13.3. The molecular formula is C14H16IN3. The van der Waals surface area contributed by atoms with Crippen molar-refractivity contribution in [1.29, 1.82) is 0 Å². The Morgan fingerprint density at radius 2 is 1.94 bits per heavy atom. The van der Waals surface area contributed by atoms with E-state index in [1.54, 1.807) is 0 Å². The lowest BCUT2D eigenvalue weighted by molar-refractivity contribution is 0.898. The lowest BCUT2D eigenvalue weighted by Gasteiger charge is -2.09. The molecule has 0 saturated heterocycles. The highest BCUT2D eigenvalue weighted by Crippen LogP contribution is 2.19. The van der Waals surface area contributed by atoms with Crippen molar-refractivity contribution in [2.45, 2.75) is 26.7 Å². The number of rotatable bonds is 3. The predicted octanol–water partition coefficient (Wildman–Crippen LogP) is 3.13. The first-order chi connectivity index (χ1) is 8.61. The first-order valence-corrected chi connectivity index (χ1v) is 7.05. The lowest BCUT2D eigenvalue weighted by Crippen LogP contribution is -2.07. The maximum Gasteiger partial charge on any atom is 0.140 e. The van der Waals surface area contributed by atoms with Gasteiger partial charge in [0, 0.05) is 6.42 Å². The van der Waals surface area contributed by atoms with Crippen LogP contribution in [0.15, 0.2) is 24.3 Å². The Morgan fingerprint density at radius 1 is 1.22 bits per heavy atom. The quantitative estimate of drug-likeness (QED) is 0.863. The van der Waals surface area contributed by atoms with Crippen molar-refractivity contribution in [3.8, 4) is 0 Å². The van der Waals surface area contributed by atoms with Gasteiger partial charge in [0.25, 0.3) is 0 Å². The van der Waals surface area contributed by atoms with Crippen molar-refractivity contribution in [1.82, 2.24) is 9.97 Å². The van der Waals surface area contributed by atoms with Crippen molar-refractivity contribution < 1.29 is 0 Å². The molecule has 0 spiro atoms. The van der Waals surface area contributed by atoms with Crippen LogP contribution in [0.1, 0.15) is 29.6 Å². The zero-order valence-electron chi connectivity index (χ0n) is 10.6. The Morgan fingerprint density at radius 3 is 2.61 bits per heavy atom. The van der Waals surface area contributed by atoms with Gasteiger partial charge in [-0.15, -0.1) is 0 Å². The molecule has 4 heteroatoms. The van der Waals surface area contributed by atoms with Crippen molar-refractivity contribution >= 4 is 28.4 Å². The average molecular weight is 353 g/mol. The number of halogens is 1. The van der Waals surface area contributed by atoms with E-state index in [2.05, 4.69) is 58.5 Å². The van der Waals surface area contributed by atoms with E-state index in [1.807, 2.05) is 12.1 Å². The summed E-state index contributed by atoms with van der Waals surface area (Å²) in [6, 6.07) is 8.29.